The van der Waals surface area contributed by atoms with E-state index in [4.69, 9.17) is 16.3 Å². The van der Waals surface area contributed by atoms with Gasteiger partial charge in [0, 0.05) is 11.1 Å². The van der Waals surface area contributed by atoms with Gasteiger partial charge in [-0.2, -0.15) is 0 Å². The predicted octanol–water partition coefficient (Wildman–Crippen LogP) is 3.62. The Morgan fingerprint density at radius 3 is 2.42 bits per heavy atom. The first-order chi connectivity index (χ1) is 12.4. The molecule has 0 amide bonds. The largest absolute Gasteiger partial charge is 0.497 e. The molecule has 0 radical (unpaired) electrons. The molecule has 2 aromatic carbocycles. The highest BCUT2D eigenvalue weighted by atomic mass is 35.5. The van der Waals surface area contributed by atoms with E-state index in [0.717, 1.165) is 18.9 Å². The minimum atomic E-state index is -1.53. The molecular formula is C17H16ClNO6S. The van der Waals surface area contributed by atoms with E-state index in [-0.39, 0.29) is 10.6 Å². The zero-order valence-corrected chi connectivity index (χ0v) is 15.5. The molecular weight excluding hydrogens is 382 g/mol. The lowest BCUT2D eigenvalue weighted by Gasteiger charge is -2.21. The van der Waals surface area contributed by atoms with E-state index >= 15 is 0 Å². The first-order valence-electron chi connectivity index (χ1n) is 7.37. The Morgan fingerprint density at radius 1 is 1.23 bits per heavy atom. The summed E-state index contributed by atoms with van der Waals surface area (Å²) in [6.07, 6.45) is -1.53. The number of esters is 1. The number of carbonyl (C=O) groups is 1. The van der Waals surface area contributed by atoms with Crippen LogP contribution in [0.2, 0.25) is 5.02 Å². The van der Waals surface area contributed by atoms with Gasteiger partial charge in [0.2, 0.25) is 0 Å². The summed E-state index contributed by atoms with van der Waals surface area (Å²) in [5, 5.41) is 21.1. The maximum Gasteiger partial charge on any atom is 0.336 e. The summed E-state index contributed by atoms with van der Waals surface area (Å²) in [7, 11) is 2.67. The number of nitro groups is 1. The number of aliphatic hydroxyl groups excluding tert-OH is 1. The van der Waals surface area contributed by atoms with Crippen LogP contribution in [0.25, 0.3) is 0 Å². The van der Waals surface area contributed by atoms with Crippen LogP contribution < -0.4 is 4.74 Å². The van der Waals surface area contributed by atoms with Gasteiger partial charge in [-0.1, -0.05) is 23.7 Å². The monoisotopic (exact) mass is 397 g/mol. The minimum Gasteiger partial charge on any atom is -0.497 e. The van der Waals surface area contributed by atoms with Crippen molar-refractivity contribution in [3.63, 3.8) is 0 Å². The van der Waals surface area contributed by atoms with E-state index in [1.807, 2.05) is 0 Å². The predicted molar refractivity (Wildman–Crippen MR) is 97.7 cm³/mol. The normalized spacial score (nSPS) is 12.9. The number of nitro benzene ring substituents is 1. The summed E-state index contributed by atoms with van der Waals surface area (Å²) >= 11 is 6.91. The molecule has 0 heterocycles. The molecule has 0 saturated carbocycles. The van der Waals surface area contributed by atoms with Gasteiger partial charge in [0.1, 0.15) is 5.75 Å². The fraction of sp³-hybridized carbons (Fsp3) is 0.235. The van der Waals surface area contributed by atoms with Gasteiger partial charge in [0.05, 0.1) is 29.3 Å². The number of nitrogens with zero attached hydrogens (tertiary/aromatic N) is 1. The lowest BCUT2D eigenvalue weighted by Crippen LogP contribution is -2.27. The third-order valence-electron chi connectivity index (χ3n) is 3.55. The minimum absolute atomic E-state index is 0.171. The summed E-state index contributed by atoms with van der Waals surface area (Å²) in [6, 6.07) is 10.8. The SMILES string of the molecule is COC(=O)C(O)C(Sc1cc(Cl)ccc1[N+](=O)[O-])c1ccc(OC)cc1. The van der Waals surface area contributed by atoms with Crippen molar-refractivity contribution >= 4 is 35.0 Å². The molecule has 2 unspecified atom stereocenters. The van der Waals surface area contributed by atoms with E-state index in [9.17, 15) is 20.0 Å². The van der Waals surface area contributed by atoms with E-state index in [0.29, 0.717) is 16.3 Å². The number of thioether (sulfide) groups is 1. The van der Waals surface area contributed by atoms with Gasteiger partial charge >= 0.3 is 5.97 Å². The van der Waals surface area contributed by atoms with Crippen LogP contribution in [0, 0.1) is 10.1 Å². The van der Waals surface area contributed by atoms with Crippen molar-refractivity contribution in [3.8, 4) is 5.75 Å². The Kier molecular flexibility index (Phi) is 6.84. The molecule has 0 spiro atoms. The molecule has 0 saturated heterocycles. The zero-order valence-electron chi connectivity index (χ0n) is 13.9. The van der Waals surface area contributed by atoms with E-state index in [2.05, 4.69) is 4.74 Å². The number of benzene rings is 2. The Balaban J connectivity index is 2.46. The third kappa shape index (κ3) is 4.66. The van der Waals surface area contributed by atoms with Crippen LogP contribution in [-0.2, 0) is 9.53 Å². The van der Waals surface area contributed by atoms with Gasteiger partial charge in [-0.3, -0.25) is 10.1 Å². The maximum absolute atomic E-state index is 11.9. The zero-order chi connectivity index (χ0) is 19.3. The van der Waals surface area contributed by atoms with Crippen LogP contribution in [0.4, 0.5) is 5.69 Å². The second-order valence-corrected chi connectivity index (χ2v) is 6.77. The van der Waals surface area contributed by atoms with Crippen LogP contribution in [0.3, 0.4) is 0 Å². The molecule has 0 fully saturated rings. The summed E-state index contributed by atoms with van der Waals surface area (Å²) in [5.74, 6) is -0.248. The summed E-state index contributed by atoms with van der Waals surface area (Å²) in [4.78, 5) is 22.8. The van der Waals surface area contributed by atoms with E-state index < -0.39 is 22.2 Å². The fourth-order valence-electron chi connectivity index (χ4n) is 2.22. The highest BCUT2D eigenvalue weighted by Crippen LogP contribution is 2.43. The molecule has 2 atom stereocenters. The molecule has 1 N–H and O–H groups in total. The Hall–Kier alpha value is -2.29. The van der Waals surface area contributed by atoms with Crippen molar-refractivity contribution in [2.45, 2.75) is 16.2 Å². The molecule has 138 valence electrons. The summed E-state index contributed by atoms with van der Waals surface area (Å²) in [6.45, 7) is 0. The first-order valence-corrected chi connectivity index (χ1v) is 8.63. The first kappa shape index (κ1) is 20.0. The van der Waals surface area contributed by atoms with Crippen molar-refractivity contribution in [2.75, 3.05) is 14.2 Å². The lowest BCUT2D eigenvalue weighted by atomic mass is 10.1. The smallest absolute Gasteiger partial charge is 0.336 e. The van der Waals surface area contributed by atoms with Gasteiger partial charge in [-0.05, 0) is 29.8 Å². The molecule has 26 heavy (non-hydrogen) atoms. The molecule has 7 nitrogen and oxygen atoms in total. The van der Waals surface area contributed by atoms with Crippen molar-refractivity contribution in [1.29, 1.82) is 0 Å². The van der Waals surface area contributed by atoms with Crippen molar-refractivity contribution in [3.05, 3.63) is 63.2 Å². The molecule has 2 rings (SSSR count). The van der Waals surface area contributed by atoms with Gasteiger partial charge in [-0.25, -0.2) is 4.79 Å². The number of methoxy groups -OCH3 is 2. The van der Waals surface area contributed by atoms with Crippen LogP contribution >= 0.6 is 23.4 Å². The molecule has 2 aromatic rings. The lowest BCUT2D eigenvalue weighted by molar-refractivity contribution is -0.387. The van der Waals surface area contributed by atoms with Gasteiger partial charge in [0.25, 0.3) is 5.69 Å². The van der Waals surface area contributed by atoms with Crippen LogP contribution in [0.15, 0.2) is 47.4 Å². The average molecular weight is 398 g/mol. The van der Waals surface area contributed by atoms with Gasteiger partial charge in [0.15, 0.2) is 6.10 Å². The molecule has 0 bridgehead atoms. The Bertz CT molecular complexity index is 798. The topological polar surface area (TPSA) is 98.9 Å². The number of ether oxygens (including phenoxy) is 2. The van der Waals surface area contributed by atoms with Gasteiger partial charge < -0.3 is 14.6 Å². The molecule has 0 aromatic heterocycles. The van der Waals surface area contributed by atoms with Crippen LogP contribution in [0.5, 0.6) is 5.75 Å². The number of carbonyl (C=O) groups excluding carboxylic acids is 1. The second kappa shape index (κ2) is 8.88. The quantitative estimate of drug-likeness (QED) is 0.329. The Morgan fingerprint density at radius 2 is 1.88 bits per heavy atom. The van der Waals surface area contributed by atoms with E-state index in [1.54, 1.807) is 24.3 Å². The number of halogens is 1. The van der Waals surface area contributed by atoms with Crippen molar-refractivity contribution in [2.24, 2.45) is 0 Å². The fourth-order valence-corrected chi connectivity index (χ4v) is 3.72. The standard InChI is InChI=1S/C17H16ClNO6S/c1-24-12-6-3-10(4-7-12)16(15(20)17(21)25-2)26-14-9-11(18)5-8-13(14)19(22)23/h3-9,15-16,20H,1-2H3. The summed E-state index contributed by atoms with van der Waals surface area (Å²) < 4.78 is 9.71. The van der Waals surface area contributed by atoms with Crippen molar-refractivity contribution < 1.29 is 24.3 Å². The summed E-state index contributed by atoms with van der Waals surface area (Å²) in [5.41, 5.74) is 0.401. The molecule has 0 aliphatic rings. The van der Waals surface area contributed by atoms with Gasteiger partial charge in [-0.15, -0.1) is 11.8 Å². The molecule has 0 aliphatic heterocycles. The third-order valence-corrected chi connectivity index (χ3v) is 5.15. The van der Waals surface area contributed by atoms with Crippen molar-refractivity contribution in [1.82, 2.24) is 0 Å². The highest BCUT2D eigenvalue weighted by Gasteiger charge is 2.31. The highest BCUT2D eigenvalue weighted by molar-refractivity contribution is 7.99. The number of rotatable bonds is 7. The second-order valence-electron chi connectivity index (χ2n) is 5.15. The molecule has 9 heteroatoms. The van der Waals surface area contributed by atoms with E-state index in [1.165, 1.54) is 25.3 Å². The number of aliphatic hydroxyl groups is 1. The van der Waals surface area contributed by atoms with Crippen LogP contribution in [-0.4, -0.2) is 36.3 Å². The van der Waals surface area contributed by atoms with Crippen LogP contribution in [0.1, 0.15) is 10.8 Å². The Labute approximate surface area is 159 Å². The number of hydrogen-bond acceptors (Lipinski definition) is 7. The molecule has 0 aliphatic carbocycles. The average Bonchev–Trinajstić information content (AvgIpc) is 2.64. The maximum atomic E-state index is 11.9. The number of hydrogen-bond donors (Lipinski definition) is 1.